The van der Waals surface area contributed by atoms with Gasteiger partial charge < -0.3 is 4.74 Å². The summed E-state index contributed by atoms with van der Waals surface area (Å²) in [6, 6.07) is 23.9. The van der Waals surface area contributed by atoms with Crippen LogP contribution < -0.4 is 9.54 Å². The SMILES string of the molecule is COc1ccc(-c2cs/c(=N\N=C(/C)c3ccccn3)n2-c2ccccc2)cc1. The number of nitrogens with zero attached hydrogens (tertiary/aromatic N) is 4. The highest BCUT2D eigenvalue weighted by atomic mass is 32.1. The summed E-state index contributed by atoms with van der Waals surface area (Å²) in [7, 11) is 1.67. The highest BCUT2D eigenvalue weighted by Crippen LogP contribution is 2.25. The van der Waals surface area contributed by atoms with Crippen molar-refractivity contribution < 1.29 is 4.74 Å². The van der Waals surface area contributed by atoms with Gasteiger partial charge in [0.05, 0.1) is 24.2 Å². The van der Waals surface area contributed by atoms with Crippen LogP contribution >= 0.6 is 11.3 Å². The molecule has 0 amide bonds. The van der Waals surface area contributed by atoms with E-state index in [1.807, 2.05) is 67.6 Å². The molecule has 0 spiro atoms. The van der Waals surface area contributed by atoms with Crippen LogP contribution in [0.3, 0.4) is 0 Å². The molecule has 0 unspecified atom stereocenters. The Kier molecular flexibility index (Phi) is 5.63. The van der Waals surface area contributed by atoms with Crippen molar-refractivity contribution >= 4 is 17.0 Å². The predicted octanol–water partition coefficient (Wildman–Crippen LogP) is 4.93. The normalized spacial score (nSPS) is 12.2. The van der Waals surface area contributed by atoms with Gasteiger partial charge in [-0.3, -0.25) is 9.55 Å². The molecule has 0 fully saturated rings. The molecule has 5 nitrogen and oxygen atoms in total. The van der Waals surface area contributed by atoms with Gasteiger partial charge in [-0.2, -0.15) is 5.10 Å². The summed E-state index contributed by atoms with van der Waals surface area (Å²) in [6.45, 7) is 1.91. The molecule has 0 aliphatic heterocycles. The van der Waals surface area contributed by atoms with Crippen molar-refractivity contribution in [1.29, 1.82) is 0 Å². The molecule has 2 heterocycles. The van der Waals surface area contributed by atoms with Gasteiger partial charge in [0, 0.05) is 17.3 Å². The molecule has 0 bridgehead atoms. The van der Waals surface area contributed by atoms with Crippen molar-refractivity contribution in [2.24, 2.45) is 10.2 Å². The van der Waals surface area contributed by atoms with Crippen LogP contribution in [0.4, 0.5) is 0 Å². The van der Waals surface area contributed by atoms with Crippen LogP contribution in [0.15, 0.2) is 94.6 Å². The maximum Gasteiger partial charge on any atom is 0.215 e. The van der Waals surface area contributed by atoms with Crippen molar-refractivity contribution in [3.8, 4) is 22.7 Å². The van der Waals surface area contributed by atoms with E-state index in [9.17, 15) is 0 Å². The number of para-hydroxylation sites is 1. The third-order valence-electron chi connectivity index (χ3n) is 4.43. The van der Waals surface area contributed by atoms with Gasteiger partial charge in [-0.15, -0.1) is 16.4 Å². The van der Waals surface area contributed by atoms with E-state index >= 15 is 0 Å². The molecule has 2 aromatic carbocycles. The molecule has 0 atom stereocenters. The first-order valence-electron chi connectivity index (χ1n) is 9.16. The molecule has 0 N–H and O–H groups in total. The number of thiazole rings is 1. The summed E-state index contributed by atoms with van der Waals surface area (Å²) in [6.07, 6.45) is 1.76. The smallest absolute Gasteiger partial charge is 0.215 e. The topological polar surface area (TPSA) is 51.8 Å². The minimum atomic E-state index is 0.768. The standard InChI is InChI=1S/C23H20N4OS/c1-17(21-10-6-7-15-24-21)25-26-23-27(19-8-4-3-5-9-19)22(16-29-23)18-11-13-20(28-2)14-12-18/h3-16H,1-2H3/b25-17+,26-23-. The van der Waals surface area contributed by atoms with Crippen LogP contribution in [0.1, 0.15) is 12.6 Å². The summed E-state index contributed by atoms with van der Waals surface area (Å²) in [4.78, 5) is 5.12. The van der Waals surface area contributed by atoms with Gasteiger partial charge in [0.2, 0.25) is 4.80 Å². The molecule has 0 saturated carbocycles. The molecule has 144 valence electrons. The molecule has 0 radical (unpaired) electrons. The molecule has 4 aromatic rings. The van der Waals surface area contributed by atoms with E-state index < -0.39 is 0 Å². The Hall–Kier alpha value is -3.51. The molecule has 2 aromatic heterocycles. The fourth-order valence-corrected chi connectivity index (χ4v) is 3.77. The van der Waals surface area contributed by atoms with E-state index in [2.05, 4.69) is 37.3 Å². The summed E-state index contributed by atoms with van der Waals surface area (Å²) >= 11 is 1.55. The Balaban J connectivity index is 1.83. The number of aromatic nitrogens is 2. The zero-order chi connectivity index (χ0) is 20.1. The largest absolute Gasteiger partial charge is 0.497 e. The molecular weight excluding hydrogens is 380 g/mol. The van der Waals surface area contributed by atoms with E-state index in [1.165, 1.54) is 0 Å². The van der Waals surface area contributed by atoms with Gasteiger partial charge in [0.1, 0.15) is 5.75 Å². The zero-order valence-corrected chi connectivity index (χ0v) is 17.0. The fraction of sp³-hybridized carbons (Fsp3) is 0.0870. The van der Waals surface area contributed by atoms with E-state index in [0.29, 0.717) is 0 Å². The Morgan fingerprint density at radius 1 is 0.966 bits per heavy atom. The zero-order valence-electron chi connectivity index (χ0n) is 16.2. The number of methoxy groups -OCH3 is 1. The second-order valence-electron chi connectivity index (χ2n) is 6.30. The average Bonchev–Trinajstić information content (AvgIpc) is 3.22. The van der Waals surface area contributed by atoms with E-state index in [4.69, 9.17) is 4.74 Å². The lowest BCUT2D eigenvalue weighted by atomic mass is 10.1. The minimum absolute atomic E-state index is 0.768. The molecule has 29 heavy (non-hydrogen) atoms. The summed E-state index contributed by atoms with van der Waals surface area (Å²) in [5.74, 6) is 0.829. The predicted molar refractivity (Wildman–Crippen MR) is 118 cm³/mol. The summed E-state index contributed by atoms with van der Waals surface area (Å²) in [5, 5.41) is 11.1. The van der Waals surface area contributed by atoms with Gasteiger partial charge in [0.25, 0.3) is 0 Å². The highest BCUT2D eigenvalue weighted by Gasteiger charge is 2.10. The molecule has 6 heteroatoms. The van der Waals surface area contributed by atoms with Gasteiger partial charge >= 0.3 is 0 Å². The van der Waals surface area contributed by atoms with Gasteiger partial charge in [-0.25, -0.2) is 0 Å². The number of rotatable bonds is 5. The summed E-state index contributed by atoms with van der Waals surface area (Å²) in [5.41, 5.74) is 4.74. The van der Waals surface area contributed by atoms with E-state index in [0.717, 1.165) is 38.9 Å². The van der Waals surface area contributed by atoms with Gasteiger partial charge in [0.15, 0.2) is 0 Å². The van der Waals surface area contributed by atoms with Crippen molar-refractivity contribution in [3.05, 3.63) is 94.9 Å². The van der Waals surface area contributed by atoms with E-state index in [-0.39, 0.29) is 0 Å². The monoisotopic (exact) mass is 400 g/mol. The van der Waals surface area contributed by atoms with Gasteiger partial charge in [-0.1, -0.05) is 24.3 Å². The fourth-order valence-electron chi connectivity index (χ4n) is 2.92. The third kappa shape index (κ3) is 4.17. The number of hydrogen-bond donors (Lipinski definition) is 0. The van der Waals surface area contributed by atoms with Crippen molar-refractivity contribution in [1.82, 2.24) is 9.55 Å². The lowest BCUT2D eigenvalue weighted by molar-refractivity contribution is 0.415. The van der Waals surface area contributed by atoms with Crippen LogP contribution in [-0.2, 0) is 0 Å². The lowest BCUT2D eigenvalue weighted by Crippen LogP contribution is -2.13. The van der Waals surface area contributed by atoms with Crippen molar-refractivity contribution in [2.45, 2.75) is 6.92 Å². The molecule has 0 aliphatic rings. The first-order chi connectivity index (χ1) is 14.3. The number of benzene rings is 2. The molecule has 0 aliphatic carbocycles. The molecule has 4 rings (SSSR count). The van der Waals surface area contributed by atoms with Crippen molar-refractivity contribution in [2.75, 3.05) is 7.11 Å². The maximum atomic E-state index is 5.29. The van der Waals surface area contributed by atoms with E-state index in [1.54, 1.807) is 24.6 Å². The second-order valence-corrected chi connectivity index (χ2v) is 7.14. The highest BCUT2D eigenvalue weighted by molar-refractivity contribution is 7.07. The average molecular weight is 401 g/mol. The third-order valence-corrected chi connectivity index (χ3v) is 5.25. The summed E-state index contributed by atoms with van der Waals surface area (Å²) < 4.78 is 7.40. The van der Waals surface area contributed by atoms with Crippen LogP contribution in [0, 0.1) is 0 Å². The minimum Gasteiger partial charge on any atom is -0.497 e. The number of hydrogen-bond acceptors (Lipinski definition) is 5. The lowest BCUT2D eigenvalue weighted by Gasteiger charge is -2.09. The molecule has 0 saturated heterocycles. The van der Waals surface area contributed by atoms with Gasteiger partial charge in [-0.05, 0) is 61.0 Å². The Morgan fingerprint density at radius 3 is 2.41 bits per heavy atom. The van der Waals surface area contributed by atoms with Crippen LogP contribution in [0.2, 0.25) is 0 Å². The number of ether oxygens (including phenoxy) is 1. The van der Waals surface area contributed by atoms with Crippen LogP contribution in [0.5, 0.6) is 5.75 Å². The molecular formula is C23H20N4OS. The Labute approximate surface area is 173 Å². The van der Waals surface area contributed by atoms with Crippen molar-refractivity contribution in [3.63, 3.8) is 0 Å². The first-order valence-corrected chi connectivity index (χ1v) is 10.0. The van der Waals surface area contributed by atoms with Crippen LogP contribution in [0.25, 0.3) is 16.9 Å². The maximum absolute atomic E-state index is 5.29. The van der Waals surface area contributed by atoms with Crippen LogP contribution in [-0.4, -0.2) is 22.4 Å². The number of pyridine rings is 1. The Morgan fingerprint density at radius 2 is 1.72 bits per heavy atom. The second kappa shape index (κ2) is 8.67. The Bertz CT molecular complexity index is 1180. The first kappa shape index (κ1) is 18.8. The quantitative estimate of drug-likeness (QED) is 0.352.